The minimum Gasteiger partial charge on any atom is -0.400 e. The van der Waals surface area contributed by atoms with E-state index in [0.29, 0.717) is 6.29 Å². The zero-order valence-corrected chi connectivity index (χ0v) is 6.83. The molecule has 0 aliphatic rings. The minimum atomic E-state index is -0.754. The molecule has 0 radical (unpaired) electrons. The van der Waals surface area contributed by atoms with E-state index in [1.807, 2.05) is 4.98 Å². The average Bonchev–Trinajstić information content (AvgIpc) is 2.14. The number of nitrogens with two attached hydrogens (primary N) is 1. The third kappa shape index (κ3) is 2.56. The summed E-state index contributed by atoms with van der Waals surface area (Å²) in [7, 11) is 1.00. The Morgan fingerprint density at radius 2 is 1.85 bits per heavy atom. The van der Waals surface area contributed by atoms with Gasteiger partial charge in [0.15, 0.2) is 6.29 Å². The summed E-state index contributed by atoms with van der Waals surface area (Å²) >= 11 is 0. The van der Waals surface area contributed by atoms with Crippen LogP contribution in [0.25, 0.3) is 0 Å². The third-order valence-electron chi connectivity index (χ3n) is 1.13. The molecule has 0 saturated carbocycles. The van der Waals surface area contributed by atoms with Crippen molar-refractivity contribution in [2.75, 3.05) is 12.8 Å². The summed E-state index contributed by atoms with van der Waals surface area (Å²) in [6.45, 7) is 0. The lowest BCUT2D eigenvalue weighted by molar-refractivity contribution is 0.111. The number of rotatable bonds is 1. The average molecular weight is 187 g/mol. The maximum atomic E-state index is 10.7. The van der Waals surface area contributed by atoms with E-state index in [1.54, 1.807) is 0 Å². The van der Waals surface area contributed by atoms with Crippen LogP contribution in [0.15, 0.2) is 9.59 Å². The summed E-state index contributed by atoms with van der Waals surface area (Å²) < 4.78 is 0. The molecule has 1 aromatic rings. The van der Waals surface area contributed by atoms with Crippen LogP contribution >= 0.6 is 0 Å². The first-order valence-corrected chi connectivity index (χ1v) is 3.17. The molecule has 1 aromatic heterocycles. The second-order valence-corrected chi connectivity index (χ2v) is 1.85. The first-order valence-electron chi connectivity index (χ1n) is 3.17. The van der Waals surface area contributed by atoms with Gasteiger partial charge in [-0.25, -0.2) is 4.79 Å². The number of aliphatic hydroxyl groups excluding tert-OH is 1. The fraction of sp³-hybridized carbons (Fsp3) is 0.167. The minimum absolute atomic E-state index is 0.196. The smallest absolute Gasteiger partial charge is 0.326 e. The highest BCUT2D eigenvalue weighted by Gasteiger charge is 2.02. The first-order chi connectivity index (χ1) is 6.15. The number of aldehydes is 1. The molecule has 0 fully saturated rings. The van der Waals surface area contributed by atoms with Crippen molar-refractivity contribution < 1.29 is 9.90 Å². The molecule has 5 N–H and O–H groups in total. The second-order valence-electron chi connectivity index (χ2n) is 1.85. The number of H-pyrrole nitrogens is 2. The van der Waals surface area contributed by atoms with Gasteiger partial charge in [0.2, 0.25) is 0 Å². The Morgan fingerprint density at radius 3 is 2.31 bits per heavy atom. The Morgan fingerprint density at radius 1 is 1.31 bits per heavy atom. The van der Waals surface area contributed by atoms with Crippen molar-refractivity contribution in [1.29, 1.82) is 0 Å². The molecular weight excluding hydrogens is 178 g/mol. The Bertz CT molecular complexity index is 392. The summed E-state index contributed by atoms with van der Waals surface area (Å²) in [4.78, 5) is 35.2. The van der Waals surface area contributed by atoms with Gasteiger partial charge in [0.05, 0.1) is 0 Å². The van der Waals surface area contributed by atoms with Crippen LogP contribution in [-0.4, -0.2) is 28.5 Å². The zero-order chi connectivity index (χ0) is 10.4. The van der Waals surface area contributed by atoms with Crippen molar-refractivity contribution in [2.45, 2.75) is 0 Å². The van der Waals surface area contributed by atoms with Gasteiger partial charge in [-0.05, 0) is 0 Å². The van der Waals surface area contributed by atoms with Crippen LogP contribution in [-0.2, 0) is 0 Å². The fourth-order valence-electron chi connectivity index (χ4n) is 0.607. The van der Waals surface area contributed by atoms with Crippen LogP contribution in [0, 0.1) is 0 Å². The van der Waals surface area contributed by atoms with Crippen LogP contribution in [0.3, 0.4) is 0 Å². The van der Waals surface area contributed by atoms with Crippen molar-refractivity contribution in [3.05, 3.63) is 26.5 Å². The number of hydrogen-bond acceptors (Lipinski definition) is 5. The lowest BCUT2D eigenvalue weighted by Crippen LogP contribution is -2.26. The van der Waals surface area contributed by atoms with Crippen molar-refractivity contribution in [3.63, 3.8) is 0 Å². The Kier molecular flexibility index (Phi) is 4.17. The number of nitrogens with one attached hydrogen (secondary N) is 2. The summed E-state index contributed by atoms with van der Waals surface area (Å²) in [5.41, 5.74) is 3.15. The molecule has 7 nitrogen and oxygen atoms in total. The van der Waals surface area contributed by atoms with E-state index in [9.17, 15) is 14.4 Å². The topological polar surface area (TPSA) is 129 Å². The van der Waals surface area contributed by atoms with E-state index in [-0.39, 0.29) is 11.4 Å². The number of aromatic amines is 2. The van der Waals surface area contributed by atoms with Crippen LogP contribution in [0.5, 0.6) is 0 Å². The quantitative estimate of drug-likeness (QED) is 0.380. The number of anilines is 1. The molecule has 0 aliphatic carbocycles. The van der Waals surface area contributed by atoms with E-state index in [2.05, 4.69) is 4.98 Å². The van der Waals surface area contributed by atoms with Gasteiger partial charge in [0.1, 0.15) is 11.4 Å². The van der Waals surface area contributed by atoms with Crippen molar-refractivity contribution in [1.82, 2.24) is 9.97 Å². The molecule has 72 valence electrons. The van der Waals surface area contributed by atoms with Gasteiger partial charge in [-0.2, -0.15) is 0 Å². The molecule has 0 aromatic carbocycles. The van der Waals surface area contributed by atoms with Gasteiger partial charge in [-0.15, -0.1) is 0 Å². The number of nitrogen functional groups attached to an aromatic ring is 1. The molecule has 7 heteroatoms. The van der Waals surface area contributed by atoms with E-state index in [4.69, 9.17) is 10.8 Å². The normalized spacial score (nSPS) is 8.46. The summed E-state index contributed by atoms with van der Waals surface area (Å²) in [5.74, 6) is 0. The molecule has 1 rings (SSSR count). The van der Waals surface area contributed by atoms with Gasteiger partial charge < -0.3 is 15.8 Å². The molecule has 0 bridgehead atoms. The maximum Gasteiger partial charge on any atom is 0.326 e. The summed E-state index contributed by atoms with van der Waals surface area (Å²) in [6, 6.07) is 0. The van der Waals surface area contributed by atoms with Crippen LogP contribution in [0.1, 0.15) is 10.5 Å². The summed E-state index contributed by atoms with van der Waals surface area (Å²) in [5, 5.41) is 7.00. The van der Waals surface area contributed by atoms with Crippen molar-refractivity contribution in [2.24, 2.45) is 0 Å². The molecule has 0 saturated heterocycles. The number of hydrogen-bond donors (Lipinski definition) is 4. The zero-order valence-electron chi connectivity index (χ0n) is 6.83. The van der Waals surface area contributed by atoms with Crippen molar-refractivity contribution in [3.8, 4) is 0 Å². The molecule has 0 unspecified atom stereocenters. The van der Waals surface area contributed by atoms with Crippen LogP contribution in [0.4, 0.5) is 5.69 Å². The fourth-order valence-corrected chi connectivity index (χ4v) is 0.607. The predicted octanol–water partition coefficient (Wildman–Crippen LogP) is -1.93. The number of aromatic nitrogens is 2. The maximum absolute atomic E-state index is 10.7. The molecule has 13 heavy (non-hydrogen) atoms. The highest BCUT2D eigenvalue weighted by molar-refractivity contribution is 5.79. The Hall–Kier alpha value is -1.89. The van der Waals surface area contributed by atoms with Crippen LogP contribution < -0.4 is 17.0 Å². The van der Waals surface area contributed by atoms with Gasteiger partial charge in [-0.3, -0.25) is 14.6 Å². The van der Waals surface area contributed by atoms with Gasteiger partial charge in [-0.1, -0.05) is 0 Å². The summed E-state index contributed by atoms with van der Waals surface area (Å²) in [6.07, 6.45) is 0.311. The number of carbonyl (C=O) groups excluding carboxylic acids is 1. The van der Waals surface area contributed by atoms with Gasteiger partial charge >= 0.3 is 5.69 Å². The highest BCUT2D eigenvalue weighted by Crippen LogP contribution is 1.91. The second kappa shape index (κ2) is 4.88. The molecule has 0 aliphatic heterocycles. The monoisotopic (exact) mass is 187 g/mol. The van der Waals surface area contributed by atoms with E-state index < -0.39 is 11.2 Å². The standard InChI is InChI=1S/C5H5N3O3.CH4O/c6-3-2(1-9)7-5(11)8-4(3)10;1-2/h1H,6H2,(H2,7,8,10,11);2H,1H3. The Labute approximate surface area is 72.2 Å². The highest BCUT2D eigenvalue weighted by atomic mass is 16.2. The Balaban J connectivity index is 0.000000671. The van der Waals surface area contributed by atoms with E-state index in [1.165, 1.54) is 0 Å². The lowest BCUT2D eigenvalue weighted by Gasteiger charge is -1.92. The lowest BCUT2D eigenvalue weighted by atomic mass is 10.4. The first kappa shape index (κ1) is 11.1. The van der Waals surface area contributed by atoms with E-state index >= 15 is 0 Å². The van der Waals surface area contributed by atoms with Crippen molar-refractivity contribution >= 4 is 12.0 Å². The molecule has 0 spiro atoms. The van der Waals surface area contributed by atoms with Gasteiger partial charge in [0, 0.05) is 7.11 Å². The molecule has 0 atom stereocenters. The predicted molar refractivity (Wildman–Crippen MR) is 45.6 cm³/mol. The molecule has 0 amide bonds. The largest absolute Gasteiger partial charge is 0.400 e. The van der Waals surface area contributed by atoms with E-state index in [0.717, 1.165) is 7.11 Å². The third-order valence-corrected chi connectivity index (χ3v) is 1.13. The number of carbonyl (C=O) groups is 1. The molecule has 1 heterocycles. The SMILES string of the molecule is CO.Nc1c(C=O)[nH]c(=O)[nH]c1=O. The van der Waals surface area contributed by atoms with Crippen LogP contribution in [0.2, 0.25) is 0 Å². The van der Waals surface area contributed by atoms with Gasteiger partial charge in [0.25, 0.3) is 5.56 Å². The molecular formula is C6H9N3O4. The number of aliphatic hydroxyl groups is 1.